The number of thiophene rings is 1. The van der Waals surface area contributed by atoms with E-state index in [0.717, 1.165) is 28.1 Å². The molecule has 2 heterocycles. The molecule has 11 rings (SSSR count). The van der Waals surface area contributed by atoms with Gasteiger partial charge in [-0.25, -0.2) is 9.97 Å². The second-order valence-electron chi connectivity index (χ2n) is 14.1. The number of fused-ring (bicyclic) bond motifs is 7. The van der Waals surface area contributed by atoms with Gasteiger partial charge >= 0.3 is 0 Å². The van der Waals surface area contributed by atoms with Crippen LogP contribution in [-0.2, 0) is 0 Å². The Hall–Kier alpha value is -6.94. The molecule has 11 aromatic rings. The predicted octanol–water partition coefficient (Wildman–Crippen LogP) is 14.6. The molecule has 2 nitrogen and oxygen atoms in total. The van der Waals surface area contributed by atoms with E-state index in [1.807, 2.05) is 29.5 Å². The highest BCUT2D eigenvalue weighted by Crippen LogP contribution is 2.46. The molecular weight excluding hydrogens is 685 g/mol. The van der Waals surface area contributed by atoms with E-state index in [0.29, 0.717) is 5.82 Å². The van der Waals surface area contributed by atoms with Crippen molar-refractivity contribution in [3.63, 3.8) is 0 Å². The van der Waals surface area contributed by atoms with Crippen LogP contribution in [0.1, 0.15) is 0 Å². The average Bonchev–Trinajstić information content (AvgIpc) is 3.64. The van der Waals surface area contributed by atoms with Crippen molar-refractivity contribution in [2.75, 3.05) is 0 Å². The largest absolute Gasteiger partial charge is 0.228 e. The van der Waals surface area contributed by atoms with Gasteiger partial charge in [-0.1, -0.05) is 176 Å². The number of hydrogen-bond donors (Lipinski definition) is 0. The van der Waals surface area contributed by atoms with Crippen LogP contribution < -0.4 is 0 Å². The number of benzene rings is 9. The normalized spacial score (nSPS) is 11.6. The molecule has 0 amide bonds. The molecular formula is C52H32N2S. The summed E-state index contributed by atoms with van der Waals surface area (Å²) in [5, 5.41) is 10.1. The lowest BCUT2D eigenvalue weighted by Crippen LogP contribution is -1.96. The Morgan fingerprint density at radius 1 is 0.309 bits per heavy atom. The lowest BCUT2D eigenvalue weighted by Gasteiger charge is -2.19. The minimum atomic E-state index is 0.717. The molecule has 3 heteroatoms. The van der Waals surface area contributed by atoms with E-state index in [9.17, 15) is 0 Å². The fraction of sp³-hybridized carbons (Fsp3) is 0. The maximum atomic E-state index is 5.17. The third-order valence-corrected chi connectivity index (χ3v) is 12.0. The number of nitrogens with zero attached hydrogens (tertiary/aromatic N) is 2. The first-order chi connectivity index (χ1) is 27.3. The minimum absolute atomic E-state index is 0.717. The molecule has 0 unspecified atom stereocenters. The zero-order chi connectivity index (χ0) is 36.3. The summed E-state index contributed by atoms with van der Waals surface area (Å²) in [4.78, 5) is 10.3. The molecule has 0 radical (unpaired) electrons. The smallest absolute Gasteiger partial charge is 0.160 e. The van der Waals surface area contributed by atoms with Crippen LogP contribution in [0, 0.1) is 0 Å². The number of hydrogen-bond acceptors (Lipinski definition) is 3. The standard InChI is InChI=1S/C52H32N2S/c1-3-14-35(15-4-1)50-43-21-10-9-20-42(43)49(44-30-27-33-13-7-8-18-39(33)51(44)50)36-25-23-34(24-26-36)45-32-46(54-52(53-45)37-16-5-2-6-17-37)38-28-29-41-40-19-11-12-22-47(40)55-48(41)31-38/h1-32H. The van der Waals surface area contributed by atoms with Gasteiger partial charge in [0.05, 0.1) is 11.4 Å². The van der Waals surface area contributed by atoms with Gasteiger partial charge in [0.1, 0.15) is 0 Å². The van der Waals surface area contributed by atoms with Crippen molar-refractivity contribution in [3.05, 3.63) is 194 Å². The highest BCUT2D eigenvalue weighted by molar-refractivity contribution is 7.25. The third kappa shape index (κ3) is 5.32. The zero-order valence-electron chi connectivity index (χ0n) is 29.8. The molecule has 0 aliphatic heterocycles. The fourth-order valence-electron chi connectivity index (χ4n) is 8.32. The van der Waals surface area contributed by atoms with Gasteiger partial charge in [0.15, 0.2) is 5.82 Å². The van der Waals surface area contributed by atoms with Crippen LogP contribution in [0.2, 0.25) is 0 Å². The van der Waals surface area contributed by atoms with Crippen molar-refractivity contribution in [1.82, 2.24) is 9.97 Å². The molecule has 0 bridgehead atoms. The molecule has 256 valence electrons. The van der Waals surface area contributed by atoms with E-state index in [1.54, 1.807) is 0 Å². The van der Waals surface area contributed by atoms with Crippen LogP contribution in [0.25, 0.3) is 109 Å². The summed E-state index contributed by atoms with van der Waals surface area (Å²) in [5.41, 5.74) is 9.85. The van der Waals surface area contributed by atoms with E-state index in [-0.39, 0.29) is 0 Å². The average molecular weight is 717 g/mol. The second-order valence-corrected chi connectivity index (χ2v) is 15.2. The molecule has 0 atom stereocenters. The first-order valence-corrected chi connectivity index (χ1v) is 19.5. The van der Waals surface area contributed by atoms with Gasteiger partial charge in [-0.05, 0) is 72.8 Å². The molecule has 0 fully saturated rings. The molecule has 0 aliphatic rings. The summed E-state index contributed by atoms with van der Waals surface area (Å²) in [6, 6.07) is 69.8. The van der Waals surface area contributed by atoms with Gasteiger partial charge < -0.3 is 0 Å². The maximum Gasteiger partial charge on any atom is 0.160 e. The summed E-state index contributed by atoms with van der Waals surface area (Å²) in [6.45, 7) is 0. The topological polar surface area (TPSA) is 25.8 Å². The van der Waals surface area contributed by atoms with Gasteiger partial charge in [-0.2, -0.15) is 0 Å². The highest BCUT2D eigenvalue weighted by Gasteiger charge is 2.19. The van der Waals surface area contributed by atoms with Crippen LogP contribution >= 0.6 is 11.3 Å². The lowest BCUT2D eigenvalue weighted by molar-refractivity contribution is 1.18. The summed E-state index contributed by atoms with van der Waals surface area (Å²) in [7, 11) is 0. The SMILES string of the molecule is c1ccc(-c2nc(-c3ccc(-c4c5ccccc5c(-c5ccccc5)c5c4ccc4ccccc45)cc3)cc(-c3ccc4c(c3)sc3ccccc34)n2)cc1. The Bertz CT molecular complexity index is 3240. The molecule has 0 N–H and O–H groups in total. The number of aromatic nitrogens is 2. The minimum Gasteiger partial charge on any atom is -0.228 e. The van der Waals surface area contributed by atoms with Gasteiger partial charge in [0.2, 0.25) is 0 Å². The van der Waals surface area contributed by atoms with Gasteiger partial charge in [-0.15, -0.1) is 11.3 Å². The Morgan fingerprint density at radius 2 is 0.836 bits per heavy atom. The first-order valence-electron chi connectivity index (χ1n) is 18.7. The van der Waals surface area contributed by atoms with Crippen molar-refractivity contribution in [3.8, 4) is 56.2 Å². The van der Waals surface area contributed by atoms with Gasteiger partial charge in [-0.3, -0.25) is 0 Å². The van der Waals surface area contributed by atoms with Crippen molar-refractivity contribution < 1.29 is 0 Å². The quantitative estimate of drug-likeness (QED) is 0.131. The monoisotopic (exact) mass is 716 g/mol. The van der Waals surface area contributed by atoms with Crippen molar-refractivity contribution in [2.45, 2.75) is 0 Å². The van der Waals surface area contributed by atoms with Crippen LogP contribution in [-0.4, -0.2) is 9.97 Å². The number of rotatable bonds is 5. The molecule has 0 aliphatic carbocycles. The first kappa shape index (κ1) is 31.6. The van der Waals surface area contributed by atoms with Crippen molar-refractivity contribution >= 4 is 63.8 Å². The Balaban J connectivity index is 1.09. The van der Waals surface area contributed by atoms with Gasteiger partial charge in [0, 0.05) is 36.9 Å². The van der Waals surface area contributed by atoms with E-state index >= 15 is 0 Å². The molecule has 9 aromatic carbocycles. The molecule has 55 heavy (non-hydrogen) atoms. The second kappa shape index (κ2) is 12.9. The zero-order valence-corrected chi connectivity index (χ0v) is 30.6. The predicted molar refractivity (Wildman–Crippen MR) is 235 cm³/mol. The van der Waals surface area contributed by atoms with Gasteiger partial charge in [0.25, 0.3) is 0 Å². The third-order valence-electron chi connectivity index (χ3n) is 10.9. The fourth-order valence-corrected chi connectivity index (χ4v) is 9.46. The molecule has 0 saturated carbocycles. The summed E-state index contributed by atoms with van der Waals surface area (Å²) < 4.78 is 2.56. The van der Waals surface area contributed by atoms with E-state index in [2.05, 4.69) is 176 Å². The summed E-state index contributed by atoms with van der Waals surface area (Å²) >= 11 is 1.83. The maximum absolute atomic E-state index is 5.17. The molecule has 2 aromatic heterocycles. The van der Waals surface area contributed by atoms with Crippen LogP contribution in [0.3, 0.4) is 0 Å². The van der Waals surface area contributed by atoms with Crippen LogP contribution in [0.4, 0.5) is 0 Å². The van der Waals surface area contributed by atoms with E-state index < -0.39 is 0 Å². The van der Waals surface area contributed by atoms with E-state index in [4.69, 9.17) is 9.97 Å². The van der Waals surface area contributed by atoms with Crippen LogP contribution in [0.15, 0.2) is 194 Å². The van der Waals surface area contributed by atoms with Crippen molar-refractivity contribution in [2.24, 2.45) is 0 Å². The molecule has 0 spiro atoms. The van der Waals surface area contributed by atoms with E-state index in [1.165, 1.54) is 74.7 Å². The Labute approximate surface area is 322 Å². The van der Waals surface area contributed by atoms with Crippen molar-refractivity contribution in [1.29, 1.82) is 0 Å². The Morgan fingerprint density at radius 3 is 1.60 bits per heavy atom. The highest BCUT2D eigenvalue weighted by atomic mass is 32.1. The lowest BCUT2D eigenvalue weighted by atomic mass is 9.84. The molecule has 0 saturated heterocycles. The summed E-state index contributed by atoms with van der Waals surface area (Å²) in [5.74, 6) is 0.717. The summed E-state index contributed by atoms with van der Waals surface area (Å²) in [6.07, 6.45) is 0. The Kier molecular flexibility index (Phi) is 7.39. The van der Waals surface area contributed by atoms with Crippen LogP contribution in [0.5, 0.6) is 0 Å².